The number of nitro benzene ring substituents is 1. The topological polar surface area (TPSA) is 115 Å². The third kappa shape index (κ3) is 3.17. The number of nitro groups is 1. The van der Waals surface area contributed by atoms with Crippen LogP contribution in [-0.4, -0.2) is 13.3 Å². The van der Waals surface area contributed by atoms with Gasteiger partial charge in [0.1, 0.15) is 5.69 Å². The van der Waals surface area contributed by atoms with Crippen LogP contribution in [0.4, 0.5) is 17.1 Å². The Morgan fingerprint density at radius 3 is 2.27 bits per heavy atom. The molecule has 116 valence electrons. The fraction of sp³-hybridized carbons (Fsp3) is 0.143. The number of aryl methyl sites for hydroxylation is 2. The van der Waals surface area contributed by atoms with Gasteiger partial charge in [0.05, 0.1) is 9.82 Å². The molecule has 0 bridgehead atoms. The highest BCUT2D eigenvalue weighted by atomic mass is 32.2. The molecule has 0 spiro atoms. The van der Waals surface area contributed by atoms with Crippen molar-refractivity contribution in [1.82, 2.24) is 0 Å². The summed E-state index contributed by atoms with van der Waals surface area (Å²) in [7, 11) is -3.91. The van der Waals surface area contributed by atoms with Gasteiger partial charge >= 0.3 is 0 Å². The zero-order valence-electron chi connectivity index (χ0n) is 12.0. The highest BCUT2D eigenvalue weighted by Gasteiger charge is 2.22. The molecule has 0 saturated heterocycles. The van der Waals surface area contributed by atoms with Crippen LogP contribution < -0.4 is 10.5 Å². The van der Waals surface area contributed by atoms with Crippen molar-refractivity contribution in [3.8, 4) is 0 Å². The maximum Gasteiger partial charge on any atom is 0.295 e. The highest BCUT2D eigenvalue weighted by Crippen LogP contribution is 2.31. The van der Waals surface area contributed by atoms with Gasteiger partial charge < -0.3 is 5.73 Å². The zero-order valence-corrected chi connectivity index (χ0v) is 12.8. The Morgan fingerprint density at radius 2 is 1.73 bits per heavy atom. The zero-order chi connectivity index (χ0) is 16.5. The van der Waals surface area contributed by atoms with E-state index in [1.54, 1.807) is 19.1 Å². The summed E-state index contributed by atoms with van der Waals surface area (Å²) in [6.45, 7) is 3.47. The molecule has 0 atom stereocenters. The quantitative estimate of drug-likeness (QED) is 0.510. The van der Waals surface area contributed by atoms with Crippen molar-refractivity contribution < 1.29 is 13.3 Å². The van der Waals surface area contributed by atoms with Crippen LogP contribution in [0.5, 0.6) is 0 Å². The second-order valence-corrected chi connectivity index (χ2v) is 6.58. The molecule has 2 aromatic rings. The average molecular weight is 321 g/mol. The van der Waals surface area contributed by atoms with Crippen molar-refractivity contribution >= 4 is 27.1 Å². The molecule has 0 radical (unpaired) electrons. The number of nitrogen functional groups attached to an aromatic ring is 1. The van der Waals surface area contributed by atoms with E-state index in [1.165, 1.54) is 18.2 Å². The van der Waals surface area contributed by atoms with E-state index in [2.05, 4.69) is 4.72 Å². The van der Waals surface area contributed by atoms with Crippen LogP contribution in [0.1, 0.15) is 11.1 Å². The lowest BCUT2D eigenvalue weighted by Crippen LogP contribution is -2.14. The molecule has 0 amide bonds. The summed E-state index contributed by atoms with van der Waals surface area (Å²) in [5.41, 5.74) is 6.82. The van der Waals surface area contributed by atoms with Gasteiger partial charge in [-0.25, -0.2) is 8.42 Å². The number of rotatable bonds is 4. The van der Waals surface area contributed by atoms with Crippen LogP contribution in [0.2, 0.25) is 0 Å². The number of nitrogens with two attached hydrogens (primary N) is 1. The fourth-order valence-corrected chi connectivity index (χ4v) is 2.93. The number of hydrogen-bond donors (Lipinski definition) is 2. The lowest BCUT2D eigenvalue weighted by atomic mass is 10.1. The second kappa shape index (κ2) is 5.64. The first-order chi connectivity index (χ1) is 10.2. The van der Waals surface area contributed by atoms with Crippen LogP contribution in [-0.2, 0) is 10.0 Å². The first-order valence-electron chi connectivity index (χ1n) is 6.35. The van der Waals surface area contributed by atoms with Crippen LogP contribution in [0.15, 0.2) is 41.3 Å². The normalized spacial score (nSPS) is 11.2. The van der Waals surface area contributed by atoms with Gasteiger partial charge in [0.15, 0.2) is 0 Å². The molecule has 0 fully saturated rings. The predicted molar refractivity (Wildman–Crippen MR) is 84.2 cm³/mol. The van der Waals surface area contributed by atoms with Crippen molar-refractivity contribution in [2.45, 2.75) is 18.7 Å². The molecule has 0 aliphatic heterocycles. The van der Waals surface area contributed by atoms with E-state index in [-0.39, 0.29) is 16.3 Å². The standard InChI is InChI=1S/C14H15N3O4S/c1-9-3-5-11(6-4-9)22(20,21)16-13-7-10(2)12(15)8-14(13)17(18)19/h3-8,16H,15H2,1-2H3. The summed E-state index contributed by atoms with van der Waals surface area (Å²) >= 11 is 0. The molecular weight excluding hydrogens is 306 g/mol. The summed E-state index contributed by atoms with van der Waals surface area (Å²) in [4.78, 5) is 10.4. The molecule has 2 aromatic carbocycles. The highest BCUT2D eigenvalue weighted by molar-refractivity contribution is 7.92. The number of anilines is 2. The summed E-state index contributed by atoms with van der Waals surface area (Å²) in [5, 5.41) is 11.1. The third-order valence-corrected chi connectivity index (χ3v) is 4.54. The molecule has 0 aliphatic carbocycles. The molecule has 22 heavy (non-hydrogen) atoms. The maximum atomic E-state index is 12.3. The Labute approximate surface area is 128 Å². The van der Waals surface area contributed by atoms with Gasteiger partial charge in [0, 0.05) is 11.8 Å². The molecule has 0 heterocycles. The molecule has 0 saturated carbocycles. The van der Waals surface area contributed by atoms with Crippen molar-refractivity contribution in [1.29, 1.82) is 0 Å². The average Bonchev–Trinajstić information content (AvgIpc) is 2.42. The predicted octanol–water partition coefficient (Wildman–Crippen LogP) is 2.59. The van der Waals surface area contributed by atoms with E-state index < -0.39 is 20.6 Å². The van der Waals surface area contributed by atoms with E-state index in [0.29, 0.717) is 5.56 Å². The summed E-state index contributed by atoms with van der Waals surface area (Å²) in [6, 6.07) is 8.66. The van der Waals surface area contributed by atoms with Gasteiger partial charge in [-0.05, 0) is 37.6 Å². The van der Waals surface area contributed by atoms with E-state index in [0.717, 1.165) is 11.6 Å². The smallest absolute Gasteiger partial charge is 0.295 e. The van der Waals surface area contributed by atoms with Crippen LogP contribution >= 0.6 is 0 Å². The SMILES string of the molecule is Cc1ccc(S(=O)(=O)Nc2cc(C)c(N)cc2[N+](=O)[O-])cc1. The number of benzene rings is 2. The lowest BCUT2D eigenvalue weighted by Gasteiger charge is -2.10. The monoisotopic (exact) mass is 321 g/mol. The number of hydrogen-bond acceptors (Lipinski definition) is 5. The Kier molecular flexibility index (Phi) is 4.05. The van der Waals surface area contributed by atoms with Crippen molar-refractivity contribution in [2.24, 2.45) is 0 Å². The van der Waals surface area contributed by atoms with Gasteiger partial charge in [0.25, 0.3) is 15.7 Å². The Bertz CT molecular complexity index is 830. The summed E-state index contributed by atoms with van der Waals surface area (Å²) < 4.78 is 26.9. The number of sulfonamides is 1. The van der Waals surface area contributed by atoms with Crippen LogP contribution in [0.25, 0.3) is 0 Å². The fourth-order valence-electron chi connectivity index (χ4n) is 1.87. The Balaban J connectivity index is 2.47. The second-order valence-electron chi connectivity index (χ2n) is 4.90. The van der Waals surface area contributed by atoms with E-state index >= 15 is 0 Å². The number of nitrogens with one attached hydrogen (secondary N) is 1. The van der Waals surface area contributed by atoms with Gasteiger partial charge in [-0.2, -0.15) is 0 Å². The van der Waals surface area contributed by atoms with Gasteiger partial charge in [-0.3, -0.25) is 14.8 Å². The minimum atomic E-state index is -3.91. The summed E-state index contributed by atoms with van der Waals surface area (Å²) in [6.07, 6.45) is 0. The Hall–Kier alpha value is -2.61. The van der Waals surface area contributed by atoms with E-state index in [9.17, 15) is 18.5 Å². The van der Waals surface area contributed by atoms with Gasteiger partial charge in [0.2, 0.25) is 0 Å². The van der Waals surface area contributed by atoms with Crippen molar-refractivity contribution in [2.75, 3.05) is 10.5 Å². The van der Waals surface area contributed by atoms with E-state index in [4.69, 9.17) is 5.73 Å². The number of nitrogens with zero attached hydrogens (tertiary/aromatic N) is 1. The third-order valence-electron chi connectivity index (χ3n) is 3.16. The van der Waals surface area contributed by atoms with Gasteiger partial charge in [-0.15, -0.1) is 0 Å². The van der Waals surface area contributed by atoms with Crippen molar-refractivity contribution in [3.05, 3.63) is 57.6 Å². The van der Waals surface area contributed by atoms with Crippen molar-refractivity contribution in [3.63, 3.8) is 0 Å². The molecule has 2 rings (SSSR count). The molecular formula is C14H15N3O4S. The molecule has 3 N–H and O–H groups in total. The largest absolute Gasteiger partial charge is 0.398 e. The first kappa shape index (κ1) is 15.8. The molecule has 0 aromatic heterocycles. The molecule has 0 unspecified atom stereocenters. The minimum absolute atomic E-state index is 0.0295. The van der Waals surface area contributed by atoms with Gasteiger partial charge in [-0.1, -0.05) is 17.7 Å². The molecule has 7 nitrogen and oxygen atoms in total. The lowest BCUT2D eigenvalue weighted by molar-refractivity contribution is -0.383. The maximum absolute atomic E-state index is 12.3. The van der Waals surface area contributed by atoms with E-state index in [1.807, 2.05) is 6.92 Å². The summed E-state index contributed by atoms with van der Waals surface area (Å²) in [5.74, 6) is 0. The van der Waals surface area contributed by atoms with Crippen LogP contribution in [0, 0.1) is 24.0 Å². The van der Waals surface area contributed by atoms with Crippen LogP contribution in [0.3, 0.4) is 0 Å². The molecule has 8 heteroatoms. The minimum Gasteiger partial charge on any atom is -0.398 e. The molecule has 0 aliphatic rings. The first-order valence-corrected chi connectivity index (χ1v) is 7.83. The Morgan fingerprint density at radius 1 is 1.14 bits per heavy atom.